The molecule has 1 saturated carbocycles. The molecule has 2 fully saturated rings. The maximum absolute atomic E-state index is 12.8. The Hall–Kier alpha value is -3.23. The molecular weight excluding hydrogens is 390 g/mol. The van der Waals surface area contributed by atoms with E-state index in [2.05, 4.69) is 10.6 Å². The first-order chi connectivity index (χ1) is 14.3. The van der Waals surface area contributed by atoms with Crippen molar-refractivity contribution in [2.75, 3.05) is 7.05 Å². The van der Waals surface area contributed by atoms with Crippen molar-refractivity contribution in [1.29, 1.82) is 0 Å². The van der Waals surface area contributed by atoms with Gasteiger partial charge in [0.1, 0.15) is 6.04 Å². The first-order valence-corrected chi connectivity index (χ1v) is 10.00. The molecule has 9 heteroatoms. The summed E-state index contributed by atoms with van der Waals surface area (Å²) in [6.45, 7) is 1.41. The minimum Gasteiger partial charge on any atom is -0.446 e. The van der Waals surface area contributed by atoms with Gasteiger partial charge in [-0.3, -0.25) is 24.6 Å². The number of carbonyl (C=O) groups excluding carboxylic acids is 5. The Morgan fingerprint density at radius 2 is 1.60 bits per heavy atom. The molecule has 2 N–H and O–H groups in total. The number of esters is 1. The van der Waals surface area contributed by atoms with E-state index in [1.54, 1.807) is 30.3 Å². The van der Waals surface area contributed by atoms with Crippen LogP contribution in [0.5, 0.6) is 0 Å². The van der Waals surface area contributed by atoms with Gasteiger partial charge in [-0.05, 0) is 19.8 Å². The third kappa shape index (κ3) is 4.19. The molecule has 1 aromatic rings. The number of amides is 5. The normalized spacial score (nSPS) is 22.7. The first-order valence-electron chi connectivity index (χ1n) is 10.00. The van der Waals surface area contributed by atoms with Crippen LogP contribution in [0.15, 0.2) is 30.3 Å². The summed E-state index contributed by atoms with van der Waals surface area (Å²) in [6.07, 6.45) is 1.61. The molecule has 2 aliphatic rings. The van der Waals surface area contributed by atoms with Crippen molar-refractivity contribution < 1.29 is 28.7 Å². The van der Waals surface area contributed by atoms with Gasteiger partial charge < -0.3 is 10.1 Å². The fourth-order valence-corrected chi connectivity index (χ4v) is 4.03. The molecule has 1 saturated heterocycles. The Morgan fingerprint density at radius 3 is 2.13 bits per heavy atom. The van der Waals surface area contributed by atoms with Crippen LogP contribution < -0.4 is 10.6 Å². The van der Waals surface area contributed by atoms with E-state index in [9.17, 15) is 24.0 Å². The molecule has 3 rings (SSSR count). The van der Waals surface area contributed by atoms with Crippen LogP contribution in [0.2, 0.25) is 0 Å². The van der Waals surface area contributed by atoms with Gasteiger partial charge in [-0.2, -0.15) is 0 Å². The van der Waals surface area contributed by atoms with Gasteiger partial charge in [0.05, 0.1) is 11.8 Å². The molecular formula is C21H25N3O6. The zero-order valence-electron chi connectivity index (χ0n) is 16.9. The zero-order chi connectivity index (χ0) is 21.8. The number of fused-ring (bicyclic) bond motifs is 1. The molecule has 0 aromatic heterocycles. The minimum absolute atomic E-state index is 0.354. The summed E-state index contributed by atoms with van der Waals surface area (Å²) in [5, 5.41) is 4.34. The molecule has 5 amide bonds. The lowest BCUT2D eigenvalue weighted by Crippen LogP contribution is -2.46. The van der Waals surface area contributed by atoms with Crippen LogP contribution in [0.25, 0.3) is 0 Å². The molecule has 9 nitrogen and oxygen atoms in total. The standard InChI is InChI=1S/C21H25N3O6/c1-12(24-18(26)14-10-6-7-11-15(14)19(24)27)20(28)30-16(13-8-4-3-5-9-13)17(25)23-21(29)22-2/h3-5,8-9,12,14-16H,6-7,10-11H2,1-2H3,(H2,22,23,25,29)/t12-,14-,15-,16-/m0/s1. The van der Waals surface area contributed by atoms with E-state index >= 15 is 0 Å². The summed E-state index contributed by atoms with van der Waals surface area (Å²) in [5.74, 6) is -3.23. The topological polar surface area (TPSA) is 122 Å². The van der Waals surface area contributed by atoms with Crippen LogP contribution in [0.3, 0.4) is 0 Å². The number of urea groups is 1. The maximum Gasteiger partial charge on any atom is 0.330 e. The number of ether oxygens (including phenoxy) is 1. The summed E-state index contributed by atoms with van der Waals surface area (Å²) >= 11 is 0. The van der Waals surface area contributed by atoms with Gasteiger partial charge in [-0.15, -0.1) is 0 Å². The molecule has 0 radical (unpaired) electrons. The zero-order valence-corrected chi connectivity index (χ0v) is 16.9. The average molecular weight is 415 g/mol. The van der Waals surface area contributed by atoms with Gasteiger partial charge in [0.2, 0.25) is 17.9 Å². The van der Waals surface area contributed by atoms with Crippen LogP contribution in [-0.2, 0) is 23.9 Å². The van der Waals surface area contributed by atoms with E-state index < -0.39 is 30.1 Å². The Morgan fingerprint density at radius 1 is 1.03 bits per heavy atom. The smallest absolute Gasteiger partial charge is 0.330 e. The van der Waals surface area contributed by atoms with Crippen molar-refractivity contribution in [3.8, 4) is 0 Å². The quantitative estimate of drug-likeness (QED) is 0.552. The molecule has 4 atom stereocenters. The highest BCUT2D eigenvalue weighted by Gasteiger charge is 2.51. The Bertz CT molecular complexity index is 832. The van der Waals surface area contributed by atoms with Crippen molar-refractivity contribution in [2.24, 2.45) is 11.8 Å². The van der Waals surface area contributed by atoms with E-state index in [0.717, 1.165) is 17.7 Å². The van der Waals surface area contributed by atoms with Crippen LogP contribution in [0.4, 0.5) is 4.79 Å². The number of hydrogen-bond acceptors (Lipinski definition) is 6. The lowest BCUT2D eigenvalue weighted by molar-refractivity contribution is -0.165. The Kier molecular flexibility index (Phi) is 6.49. The maximum atomic E-state index is 12.8. The van der Waals surface area contributed by atoms with E-state index in [4.69, 9.17) is 4.74 Å². The van der Waals surface area contributed by atoms with Gasteiger partial charge in [-0.25, -0.2) is 9.59 Å². The number of nitrogens with zero attached hydrogens (tertiary/aromatic N) is 1. The van der Waals surface area contributed by atoms with Gasteiger partial charge in [0.15, 0.2) is 0 Å². The van der Waals surface area contributed by atoms with Crippen molar-refractivity contribution in [2.45, 2.75) is 44.8 Å². The predicted molar refractivity (Wildman–Crippen MR) is 105 cm³/mol. The van der Waals surface area contributed by atoms with E-state index in [1.807, 2.05) is 0 Å². The van der Waals surface area contributed by atoms with E-state index in [1.165, 1.54) is 14.0 Å². The SMILES string of the molecule is CNC(=O)NC(=O)[C@@H](OC(=O)[C@H](C)N1C(=O)[C@H]2CCCC[C@@H]2C1=O)c1ccccc1. The molecule has 0 bridgehead atoms. The number of carbonyl (C=O) groups is 5. The molecule has 0 spiro atoms. The van der Waals surface area contributed by atoms with E-state index in [-0.39, 0.29) is 23.7 Å². The number of imide groups is 2. The molecule has 1 aliphatic heterocycles. The fourth-order valence-electron chi connectivity index (χ4n) is 4.03. The Labute approximate surface area is 174 Å². The van der Waals surface area contributed by atoms with Crippen molar-refractivity contribution in [1.82, 2.24) is 15.5 Å². The first kappa shape index (κ1) is 21.5. The second-order valence-electron chi connectivity index (χ2n) is 7.52. The third-order valence-electron chi connectivity index (χ3n) is 5.64. The van der Waals surface area contributed by atoms with Crippen LogP contribution in [-0.4, -0.2) is 47.7 Å². The van der Waals surface area contributed by atoms with Crippen LogP contribution >= 0.6 is 0 Å². The number of nitrogens with one attached hydrogen (secondary N) is 2. The summed E-state index contributed by atoms with van der Waals surface area (Å²) < 4.78 is 5.39. The molecule has 30 heavy (non-hydrogen) atoms. The second kappa shape index (κ2) is 9.06. The third-order valence-corrected chi connectivity index (χ3v) is 5.64. The summed E-state index contributed by atoms with van der Waals surface area (Å²) in [7, 11) is 1.35. The molecule has 160 valence electrons. The van der Waals surface area contributed by atoms with Gasteiger partial charge >= 0.3 is 12.0 Å². The van der Waals surface area contributed by atoms with Gasteiger partial charge in [0, 0.05) is 12.6 Å². The monoisotopic (exact) mass is 415 g/mol. The Balaban J connectivity index is 1.78. The van der Waals surface area contributed by atoms with Gasteiger partial charge in [0.25, 0.3) is 5.91 Å². The van der Waals surface area contributed by atoms with Crippen molar-refractivity contribution in [3.05, 3.63) is 35.9 Å². The molecule has 1 aliphatic carbocycles. The summed E-state index contributed by atoms with van der Waals surface area (Å²) in [6, 6.07) is 6.27. The summed E-state index contributed by atoms with van der Waals surface area (Å²) in [5.41, 5.74) is 0.354. The highest BCUT2D eigenvalue weighted by Crippen LogP contribution is 2.39. The van der Waals surface area contributed by atoms with E-state index in [0.29, 0.717) is 18.4 Å². The van der Waals surface area contributed by atoms with Crippen LogP contribution in [0.1, 0.15) is 44.3 Å². The number of likely N-dealkylation sites (tertiary alicyclic amines) is 1. The lowest BCUT2D eigenvalue weighted by Gasteiger charge is -2.24. The largest absolute Gasteiger partial charge is 0.446 e. The highest BCUT2D eigenvalue weighted by molar-refractivity contribution is 6.08. The van der Waals surface area contributed by atoms with Crippen LogP contribution in [0, 0.1) is 11.8 Å². The number of benzene rings is 1. The van der Waals surface area contributed by atoms with Crippen molar-refractivity contribution in [3.63, 3.8) is 0 Å². The lowest BCUT2D eigenvalue weighted by atomic mass is 9.81. The van der Waals surface area contributed by atoms with Gasteiger partial charge in [-0.1, -0.05) is 43.2 Å². The molecule has 1 heterocycles. The number of rotatable bonds is 5. The summed E-state index contributed by atoms with van der Waals surface area (Å²) in [4.78, 5) is 63.3. The van der Waals surface area contributed by atoms with Crippen molar-refractivity contribution >= 4 is 29.7 Å². The molecule has 1 aromatic carbocycles. The molecule has 0 unspecified atom stereocenters. The highest BCUT2D eigenvalue weighted by atomic mass is 16.6. The second-order valence-corrected chi connectivity index (χ2v) is 7.52. The minimum atomic E-state index is -1.41. The number of hydrogen-bond donors (Lipinski definition) is 2. The predicted octanol–water partition coefficient (Wildman–Crippen LogP) is 1.29. The average Bonchev–Trinajstić information content (AvgIpc) is 3.02. The fraction of sp³-hybridized carbons (Fsp3) is 0.476.